The van der Waals surface area contributed by atoms with Gasteiger partial charge < -0.3 is 11.1 Å². The van der Waals surface area contributed by atoms with E-state index in [9.17, 15) is 4.79 Å². The lowest BCUT2D eigenvalue weighted by Crippen LogP contribution is -2.44. The Labute approximate surface area is 167 Å². The minimum absolute atomic E-state index is 0.184. The summed E-state index contributed by atoms with van der Waals surface area (Å²) < 4.78 is 0. The number of rotatable bonds is 5. The second kappa shape index (κ2) is 10.3. The van der Waals surface area contributed by atoms with Crippen molar-refractivity contribution >= 4 is 47.6 Å². The number of urea groups is 1. The number of hydrogen-bond acceptors (Lipinski definition) is 4. The van der Waals surface area contributed by atoms with Gasteiger partial charge in [0.2, 0.25) is 5.96 Å². The molecule has 0 bridgehead atoms. The molecule has 0 spiro atoms. The number of hydrogen-bond donors (Lipinski definition) is 2. The van der Waals surface area contributed by atoms with Crippen molar-refractivity contribution in [1.29, 1.82) is 0 Å². The average Bonchev–Trinajstić information content (AvgIpc) is 2.65. The van der Waals surface area contributed by atoms with Crippen molar-refractivity contribution in [2.75, 3.05) is 6.54 Å². The Morgan fingerprint density at radius 3 is 2.07 bits per heavy atom. The zero-order valence-corrected chi connectivity index (χ0v) is 16.0. The molecule has 0 unspecified atom stereocenters. The molecular weight excluding hydrogens is 387 g/mol. The van der Waals surface area contributed by atoms with Crippen molar-refractivity contribution in [3.05, 3.63) is 69.7 Å². The van der Waals surface area contributed by atoms with Gasteiger partial charge in [-0.25, -0.2) is 4.79 Å². The Morgan fingerprint density at radius 1 is 1.04 bits per heavy atom. The lowest BCUT2D eigenvalue weighted by molar-refractivity contribution is 0.222. The Kier molecular flexibility index (Phi) is 7.79. The Bertz CT molecular complexity index is 847. The van der Waals surface area contributed by atoms with E-state index in [0.29, 0.717) is 16.6 Å². The molecular formula is C18H18Cl2N6O. The Morgan fingerprint density at radius 2 is 1.56 bits per heavy atom. The van der Waals surface area contributed by atoms with Crippen LogP contribution in [-0.4, -0.2) is 36.0 Å². The van der Waals surface area contributed by atoms with E-state index in [1.54, 1.807) is 55.5 Å². The SMILES string of the molecule is CCNC(=O)N(N=Cc1ccc(Cl)cc1)C(N)=NN=Cc1ccc(Cl)cc1. The molecule has 3 N–H and O–H groups in total. The van der Waals surface area contributed by atoms with E-state index >= 15 is 0 Å². The van der Waals surface area contributed by atoms with Crippen molar-refractivity contribution in [3.63, 3.8) is 0 Å². The molecule has 0 saturated heterocycles. The van der Waals surface area contributed by atoms with Gasteiger partial charge in [-0.05, 0) is 42.3 Å². The second-order valence-electron chi connectivity index (χ2n) is 5.20. The third-order valence-corrected chi connectivity index (χ3v) is 3.67. The van der Waals surface area contributed by atoms with Crippen LogP contribution >= 0.6 is 23.2 Å². The lowest BCUT2D eigenvalue weighted by atomic mass is 10.2. The highest BCUT2D eigenvalue weighted by molar-refractivity contribution is 6.30. The van der Waals surface area contributed by atoms with Crippen molar-refractivity contribution < 1.29 is 4.79 Å². The maximum absolute atomic E-state index is 12.2. The summed E-state index contributed by atoms with van der Waals surface area (Å²) in [6.45, 7) is 2.19. The van der Waals surface area contributed by atoms with Crippen LogP contribution in [0, 0.1) is 0 Å². The van der Waals surface area contributed by atoms with E-state index in [0.717, 1.165) is 16.1 Å². The van der Waals surface area contributed by atoms with Crippen LogP contribution in [0.1, 0.15) is 18.1 Å². The molecule has 0 radical (unpaired) electrons. The largest absolute Gasteiger partial charge is 0.366 e. The predicted octanol–water partition coefficient (Wildman–Crippen LogP) is 3.71. The van der Waals surface area contributed by atoms with Gasteiger partial charge in [-0.1, -0.05) is 47.5 Å². The summed E-state index contributed by atoms with van der Waals surface area (Å²) in [6, 6.07) is 13.4. The maximum atomic E-state index is 12.2. The molecule has 7 nitrogen and oxygen atoms in total. The molecule has 140 valence electrons. The van der Waals surface area contributed by atoms with E-state index in [1.165, 1.54) is 12.4 Å². The zero-order valence-electron chi connectivity index (χ0n) is 14.5. The minimum atomic E-state index is -0.523. The third kappa shape index (κ3) is 6.73. The quantitative estimate of drug-likeness (QED) is 0.451. The first kappa shape index (κ1) is 20.4. The average molecular weight is 405 g/mol. The summed E-state index contributed by atoms with van der Waals surface area (Å²) in [4.78, 5) is 12.2. The molecule has 0 aliphatic heterocycles. The van der Waals surface area contributed by atoms with Crippen LogP contribution in [0.3, 0.4) is 0 Å². The normalized spacial score (nSPS) is 11.9. The van der Waals surface area contributed by atoms with Gasteiger partial charge in [0.25, 0.3) is 0 Å². The number of amides is 2. The highest BCUT2D eigenvalue weighted by Crippen LogP contribution is 2.09. The first-order chi connectivity index (χ1) is 13.0. The molecule has 2 aromatic rings. The van der Waals surface area contributed by atoms with E-state index in [-0.39, 0.29) is 5.96 Å². The molecule has 0 fully saturated rings. The summed E-state index contributed by atoms with van der Waals surface area (Å²) >= 11 is 11.7. The molecule has 9 heteroatoms. The van der Waals surface area contributed by atoms with Gasteiger partial charge >= 0.3 is 6.03 Å². The highest BCUT2D eigenvalue weighted by Gasteiger charge is 2.15. The molecule has 0 heterocycles. The van der Waals surface area contributed by atoms with Gasteiger partial charge in [0.15, 0.2) is 0 Å². The summed E-state index contributed by atoms with van der Waals surface area (Å²) in [6.07, 6.45) is 2.96. The van der Waals surface area contributed by atoms with E-state index in [2.05, 4.69) is 20.6 Å². The molecule has 0 atom stereocenters. The standard InChI is InChI=1S/C18H18Cl2N6O/c1-2-22-18(27)26(24-12-14-5-9-16(20)10-6-14)17(21)25-23-11-13-3-7-15(19)8-4-13/h3-12H,2H2,1H3,(H2,21,25)(H,22,27). The zero-order chi connectivity index (χ0) is 19.6. The van der Waals surface area contributed by atoms with E-state index in [1.807, 2.05) is 0 Å². The molecule has 2 rings (SSSR count). The smallest absolute Gasteiger partial charge is 0.345 e. The van der Waals surface area contributed by atoms with Gasteiger partial charge in [0.1, 0.15) is 0 Å². The van der Waals surface area contributed by atoms with Crippen molar-refractivity contribution in [3.8, 4) is 0 Å². The molecule has 0 aliphatic rings. The van der Waals surface area contributed by atoms with Gasteiger partial charge in [-0.2, -0.15) is 10.2 Å². The number of benzene rings is 2. The number of nitrogens with one attached hydrogen (secondary N) is 1. The van der Waals surface area contributed by atoms with Crippen LogP contribution < -0.4 is 11.1 Å². The minimum Gasteiger partial charge on any atom is -0.366 e. The summed E-state index contributed by atoms with van der Waals surface area (Å²) in [5.74, 6) is -0.184. The molecule has 27 heavy (non-hydrogen) atoms. The van der Waals surface area contributed by atoms with Gasteiger partial charge in [0.05, 0.1) is 12.4 Å². The monoisotopic (exact) mass is 404 g/mol. The Balaban J connectivity index is 2.17. The van der Waals surface area contributed by atoms with Crippen molar-refractivity contribution in [2.24, 2.45) is 21.0 Å². The number of nitrogens with zero attached hydrogens (tertiary/aromatic N) is 4. The summed E-state index contributed by atoms with van der Waals surface area (Å²) in [7, 11) is 0. The molecule has 0 saturated carbocycles. The fourth-order valence-corrected chi connectivity index (χ4v) is 2.11. The summed E-state index contributed by atoms with van der Waals surface area (Å²) in [5, 5.41) is 16.6. The Hall–Kier alpha value is -2.90. The van der Waals surface area contributed by atoms with E-state index in [4.69, 9.17) is 28.9 Å². The van der Waals surface area contributed by atoms with Crippen LogP contribution in [-0.2, 0) is 0 Å². The first-order valence-electron chi connectivity index (χ1n) is 7.99. The van der Waals surface area contributed by atoms with Crippen molar-refractivity contribution in [2.45, 2.75) is 6.92 Å². The molecule has 0 aromatic heterocycles. The number of halogens is 2. The van der Waals surface area contributed by atoms with Crippen LogP contribution in [0.2, 0.25) is 10.0 Å². The number of guanidine groups is 1. The number of carbonyl (C=O) groups is 1. The molecule has 2 amide bonds. The van der Waals surface area contributed by atoms with Crippen LogP contribution in [0.5, 0.6) is 0 Å². The van der Waals surface area contributed by atoms with Crippen molar-refractivity contribution in [1.82, 2.24) is 10.3 Å². The van der Waals surface area contributed by atoms with Gasteiger partial charge in [-0.3, -0.25) is 0 Å². The summed E-state index contributed by atoms with van der Waals surface area (Å²) in [5.41, 5.74) is 7.40. The fraction of sp³-hybridized carbons (Fsp3) is 0.111. The van der Waals surface area contributed by atoms with Crippen LogP contribution in [0.25, 0.3) is 0 Å². The highest BCUT2D eigenvalue weighted by atomic mass is 35.5. The fourth-order valence-electron chi connectivity index (χ4n) is 1.86. The topological polar surface area (TPSA) is 95.4 Å². The van der Waals surface area contributed by atoms with Crippen LogP contribution in [0.15, 0.2) is 63.8 Å². The number of hydrazone groups is 1. The molecule has 0 aliphatic carbocycles. The van der Waals surface area contributed by atoms with Gasteiger partial charge in [0, 0.05) is 16.6 Å². The first-order valence-corrected chi connectivity index (χ1v) is 8.74. The van der Waals surface area contributed by atoms with Crippen LogP contribution in [0.4, 0.5) is 4.79 Å². The lowest BCUT2D eigenvalue weighted by Gasteiger charge is -2.15. The van der Waals surface area contributed by atoms with Gasteiger partial charge in [-0.15, -0.1) is 10.1 Å². The van der Waals surface area contributed by atoms with E-state index < -0.39 is 6.03 Å². The third-order valence-electron chi connectivity index (χ3n) is 3.17. The second-order valence-corrected chi connectivity index (χ2v) is 6.07. The molecule has 2 aromatic carbocycles. The number of nitrogens with two attached hydrogens (primary N) is 1. The number of carbonyl (C=O) groups excluding carboxylic acids is 1. The predicted molar refractivity (Wildman–Crippen MR) is 111 cm³/mol. The maximum Gasteiger partial charge on any atom is 0.345 e.